The van der Waals surface area contributed by atoms with Gasteiger partial charge in [-0.2, -0.15) is 0 Å². The molecule has 1 atom stereocenters. The molecule has 0 spiro atoms. The summed E-state index contributed by atoms with van der Waals surface area (Å²) in [6.45, 7) is 8.68. The van der Waals surface area contributed by atoms with Crippen molar-refractivity contribution in [2.45, 2.75) is 129 Å². The lowest BCUT2D eigenvalue weighted by molar-refractivity contribution is -0.0450. The number of ether oxygens (including phenoxy) is 1. The van der Waals surface area contributed by atoms with Gasteiger partial charge in [0.25, 0.3) is 0 Å². The van der Waals surface area contributed by atoms with Gasteiger partial charge in [-0.1, -0.05) is 58.8 Å². The van der Waals surface area contributed by atoms with Crippen LogP contribution in [-0.4, -0.2) is 28.7 Å². The molecule has 0 aromatic carbocycles. The Balaban J connectivity index is 2.10. The Morgan fingerprint density at radius 1 is 0.960 bits per heavy atom. The highest BCUT2D eigenvalue weighted by Crippen LogP contribution is 2.34. The van der Waals surface area contributed by atoms with Crippen molar-refractivity contribution in [3.05, 3.63) is 0 Å². The van der Waals surface area contributed by atoms with E-state index in [4.69, 9.17) is 4.74 Å². The highest BCUT2D eigenvalue weighted by molar-refractivity contribution is 5.69. The zero-order valence-electron chi connectivity index (χ0n) is 17.2. The van der Waals surface area contributed by atoms with Crippen molar-refractivity contribution in [3.63, 3.8) is 0 Å². The van der Waals surface area contributed by atoms with Gasteiger partial charge in [-0.05, 0) is 58.3 Å². The number of amides is 1. The van der Waals surface area contributed by atoms with E-state index < -0.39 is 0 Å². The normalized spacial score (nSPS) is 21.8. The third-order valence-corrected chi connectivity index (χ3v) is 6.61. The third-order valence-electron chi connectivity index (χ3n) is 6.61. The van der Waals surface area contributed by atoms with Crippen LogP contribution in [0.25, 0.3) is 0 Å². The van der Waals surface area contributed by atoms with E-state index in [1.165, 1.54) is 38.5 Å². The summed E-state index contributed by atoms with van der Waals surface area (Å²) in [5.41, 5.74) is -0.372. The summed E-state index contributed by atoms with van der Waals surface area (Å²) >= 11 is 0. The van der Waals surface area contributed by atoms with E-state index in [1.807, 2.05) is 0 Å². The van der Waals surface area contributed by atoms with Crippen LogP contribution in [0.1, 0.15) is 111 Å². The van der Waals surface area contributed by atoms with Gasteiger partial charge in [0.1, 0.15) is 5.60 Å². The summed E-state index contributed by atoms with van der Waals surface area (Å²) in [7, 11) is 0. The predicted octanol–water partition coefficient (Wildman–Crippen LogP) is 6.70. The van der Waals surface area contributed by atoms with Gasteiger partial charge in [0, 0.05) is 12.1 Å². The number of hydrogen-bond donors (Lipinski definition) is 0. The number of carbonyl (C=O) groups excluding carboxylic acids is 1. The third kappa shape index (κ3) is 5.62. The lowest BCUT2D eigenvalue weighted by Crippen LogP contribution is -2.51. The molecule has 0 N–H and O–H groups in total. The van der Waals surface area contributed by atoms with Crippen LogP contribution in [-0.2, 0) is 4.74 Å². The molecule has 2 fully saturated rings. The van der Waals surface area contributed by atoms with Gasteiger partial charge in [0.2, 0.25) is 0 Å². The predicted molar refractivity (Wildman–Crippen MR) is 105 cm³/mol. The summed E-state index contributed by atoms with van der Waals surface area (Å²) in [4.78, 5) is 15.5. The Labute approximate surface area is 155 Å². The molecule has 3 heteroatoms. The Kier molecular flexibility index (Phi) is 8.09. The summed E-state index contributed by atoms with van der Waals surface area (Å²) in [6.07, 6.45) is 15.7. The highest BCUT2D eigenvalue weighted by atomic mass is 16.6. The van der Waals surface area contributed by atoms with E-state index in [2.05, 4.69) is 32.6 Å². The van der Waals surface area contributed by atoms with Crippen molar-refractivity contribution < 1.29 is 9.53 Å². The van der Waals surface area contributed by atoms with E-state index in [1.54, 1.807) is 0 Å². The Hall–Kier alpha value is -0.730. The van der Waals surface area contributed by atoms with E-state index in [0.717, 1.165) is 44.9 Å². The fourth-order valence-electron chi connectivity index (χ4n) is 5.07. The van der Waals surface area contributed by atoms with Crippen LogP contribution in [0.4, 0.5) is 4.79 Å². The second kappa shape index (κ2) is 9.83. The molecule has 0 heterocycles. The average molecular weight is 352 g/mol. The molecular weight excluding hydrogens is 310 g/mol. The van der Waals surface area contributed by atoms with Crippen molar-refractivity contribution in [3.8, 4) is 0 Å². The Morgan fingerprint density at radius 3 is 1.84 bits per heavy atom. The molecule has 3 nitrogen and oxygen atoms in total. The van der Waals surface area contributed by atoms with Crippen molar-refractivity contribution in [2.24, 2.45) is 5.92 Å². The molecule has 0 aliphatic heterocycles. The monoisotopic (exact) mass is 351 g/mol. The summed E-state index contributed by atoms with van der Waals surface area (Å²) in [5, 5.41) is 0. The van der Waals surface area contributed by atoms with E-state index >= 15 is 0 Å². The fraction of sp³-hybridized carbons (Fsp3) is 0.955. The molecule has 2 aliphatic carbocycles. The lowest BCUT2D eigenvalue weighted by atomic mass is 9.85. The molecule has 1 unspecified atom stereocenters. The minimum Gasteiger partial charge on any atom is -0.443 e. The first-order valence-corrected chi connectivity index (χ1v) is 11.0. The highest BCUT2D eigenvalue weighted by Gasteiger charge is 2.38. The van der Waals surface area contributed by atoms with Crippen molar-refractivity contribution in [1.29, 1.82) is 0 Å². The van der Waals surface area contributed by atoms with Crippen LogP contribution in [0.5, 0.6) is 0 Å². The van der Waals surface area contributed by atoms with Gasteiger partial charge < -0.3 is 9.64 Å². The van der Waals surface area contributed by atoms with Gasteiger partial charge in [-0.15, -0.1) is 0 Å². The molecule has 0 aromatic rings. The van der Waals surface area contributed by atoms with Gasteiger partial charge in [0.15, 0.2) is 0 Å². The standard InChI is InChI=1S/C22H41NO2/c1-5-13-18(6-2)22(3,4)25-21(24)23(19-14-9-7-10-15-19)20-16-11-8-12-17-20/h18-20H,5-17H2,1-4H3. The van der Waals surface area contributed by atoms with Crippen LogP contribution in [0.2, 0.25) is 0 Å². The molecule has 2 rings (SSSR count). The smallest absolute Gasteiger partial charge is 0.410 e. The Bertz CT molecular complexity index is 377. The number of nitrogens with zero attached hydrogens (tertiary/aromatic N) is 1. The minimum atomic E-state index is -0.372. The molecule has 2 aliphatic rings. The molecule has 0 aromatic heterocycles. The van der Waals surface area contributed by atoms with Crippen molar-refractivity contribution in [2.75, 3.05) is 0 Å². The van der Waals surface area contributed by atoms with Gasteiger partial charge in [0.05, 0.1) is 0 Å². The molecular formula is C22H41NO2. The molecule has 146 valence electrons. The van der Waals surface area contributed by atoms with Crippen LogP contribution in [0.15, 0.2) is 0 Å². The number of rotatable bonds is 7. The molecule has 0 radical (unpaired) electrons. The summed E-state index contributed by atoms with van der Waals surface area (Å²) < 4.78 is 6.20. The first-order chi connectivity index (χ1) is 12.0. The van der Waals surface area contributed by atoms with Crippen LogP contribution >= 0.6 is 0 Å². The topological polar surface area (TPSA) is 29.5 Å². The second-order valence-electron chi connectivity index (χ2n) is 8.86. The largest absolute Gasteiger partial charge is 0.443 e. The first kappa shape index (κ1) is 20.6. The Morgan fingerprint density at radius 2 is 1.44 bits per heavy atom. The number of carbonyl (C=O) groups is 1. The quantitative estimate of drug-likeness (QED) is 0.511. The zero-order chi connectivity index (χ0) is 18.3. The van der Waals surface area contributed by atoms with Crippen molar-refractivity contribution >= 4 is 6.09 Å². The molecule has 0 saturated heterocycles. The maximum Gasteiger partial charge on any atom is 0.410 e. The maximum atomic E-state index is 13.3. The van der Waals surface area contributed by atoms with E-state index in [9.17, 15) is 4.79 Å². The molecule has 2 saturated carbocycles. The van der Waals surface area contributed by atoms with Gasteiger partial charge >= 0.3 is 6.09 Å². The zero-order valence-corrected chi connectivity index (χ0v) is 17.2. The van der Waals surface area contributed by atoms with Crippen LogP contribution < -0.4 is 0 Å². The van der Waals surface area contributed by atoms with Crippen LogP contribution in [0, 0.1) is 5.92 Å². The SMILES string of the molecule is CCCC(CC)C(C)(C)OC(=O)N(C1CCCCC1)C1CCCCC1. The maximum absolute atomic E-state index is 13.3. The summed E-state index contributed by atoms with van der Waals surface area (Å²) in [5.74, 6) is 0.445. The van der Waals surface area contributed by atoms with E-state index in [-0.39, 0.29) is 11.7 Å². The second-order valence-corrected chi connectivity index (χ2v) is 8.86. The fourth-order valence-corrected chi connectivity index (χ4v) is 5.07. The van der Waals surface area contributed by atoms with Gasteiger partial charge in [-0.25, -0.2) is 4.79 Å². The first-order valence-electron chi connectivity index (χ1n) is 11.0. The van der Waals surface area contributed by atoms with E-state index in [0.29, 0.717) is 18.0 Å². The lowest BCUT2D eigenvalue weighted by Gasteiger charge is -2.43. The molecule has 0 bridgehead atoms. The van der Waals surface area contributed by atoms with Gasteiger partial charge in [-0.3, -0.25) is 0 Å². The van der Waals surface area contributed by atoms with Crippen LogP contribution in [0.3, 0.4) is 0 Å². The molecule has 25 heavy (non-hydrogen) atoms. The molecule has 1 amide bonds. The average Bonchev–Trinajstić information content (AvgIpc) is 2.61. The summed E-state index contributed by atoms with van der Waals surface area (Å²) in [6, 6.07) is 0.817. The number of hydrogen-bond acceptors (Lipinski definition) is 2. The van der Waals surface area contributed by atoms with Crippen molar-refractivity contribution in [1.82, 2.24) is 4.90 Å². The minimum absolute atomic E-state index is 0.0293.